The van der Waals surface area contributed by atoms with Crippen LogP contribution in [0.2, 0.25) is 0 Å². The van der Waals surface area contributed by atoms with Crippen molar-refractivity contribution in [1.82, 2.24) is 9.78 Å². The first-order valence-electron chi connectivity index (χ1n) is 6.13. The zero-order chi connectivity index (χ0) is 14.7. The van der Waals surface area contributed by atoms with Crippen molar-refractivity contribution in [2.24, 2.45) is 7.05 Å². The summed E-state index contributed by atoms with van der Waals surface area (Å²) in [6, 6.07) is 3.68. The van der Waals surface area contributed by atoms with Gasteiger partial charge < -0.3 is 10.4 Å². The second kappa shape index (κ2) is 6.02. The molecule has 0 aliphatic heterocycles. The van der Waals surface area contributed by atoms with Gasteiger partial charge in [-0.15, -0.1) is 11.3 Å². The van der Waals surface area contributed by atoms with Gasteiger partial charge in [0.25, 0.3) is 0 Å². The van der Waals surface area contributed by atoms with E-state index in [2.05, 4.69) is 10.4 Å². The topological polar surface area (TPSA) is 93.2 Å². The van der Waals surface area contributed by atoms with Crippen molar-refractivity contribution in [2.75, 3.05) is 11.9 Å². The number of nitrogens with zero attached hydrogens (tertiary/aromatic N) is 3. The monoisotopic (exact) mass is 296 g/mol. The Labute approximate surface area is 120 Å². The molecule has 1 atom stereocenters. The van der Waals surface area contributed by atoms with Crippen LogP contribution in [0, 0.1) is 17.0 Å². The van der Waals surface area contributed by atoms with Crippen molar-refractivity contribution >= 4 is 22.8 Å². The highest BCUT2D eigenvalue weighted by Crippen LogP contribution is 2.32. The van der Waals surface area contributed by atoms with E-state index in [0.29, 0.717) is 17.9 Å². The molecule has 20 heavy (non-hydrogen) atoms. The molecule has 0 spiro atoms. The predicted molar refractivity (Wildman–Crippen MR) is 77.0 cm³/mol. The van der Waals surface area contributed by atoms with Gasteiger partial charge in [0.1, 0.15) is 5.69 Å². The van der Waals surface area contributed by atoms with E-state index in [0.717, 1.165) is 4.88 Å². The average Bonchev–Trinajstić information content (AvgIpc) is 2.97. The number of aryl methyl sites for hydroxylation is 2. The summed E-state index contributed by atoms with van der Waals surface area (Å²) in [5, 5.41) is 29.5. The molecule has 108 valence electrons. The summed E-state index contributed by atoms with van der Waals surface area (Å²) in [6.07, 6.45) is 0.474. The summed E-state index contributed by atoms with van der Waals surface area (Å²) >= 11 is 1.54. The van der Waals surface area contributed by atoms with E-state index in [-0.39, 0.29) is 18.3 Å². The third-order valence-corrected chi connectivity index (χ3v) is 3.97. The van der Waals surface area contributed by atoms with E-state index in [1.807, 2.05) is 17.5 Å². The minimum atomic E-state index is -0.435. The van der Waals surface area contributed by atoms with Gasteiger partial charge in [0, 0.05) is 18.5 Å². The van der Waals surface area contributed by atoms with Crippen molar-refractivity contribution < 1.29 is 10.0 Å². The van der Waals surface area contributed by atoms with E-state index in [1.54, 1.807) is 25.3 Å². The smallest absolute Gasteiger partial charge is 0.333 e. The van der Waals surface area contributed by atoms with Gasteiger partial charge >= 0.3 is 5.69 Å². The van der Waals surface area contributed by atoms with E-state index in [1.165, 1.54) is 4.68 Å². The van der Waals surface area contributed by atoms with E-state index in [9.17, 15) is 15.2 Å². The van der Waals surface area contributed by atoms with Gasteiger partial charge in [-0.2, -0.15) is 5.10 Å². The van der Waals surface area contributed by atoms with Crippen molar-refractivity contribution in [3.8, 4) is 0 Å². The highest BCUT2D eigenvalue weighted by molar-refractivity contribution is 7.10. The number of aliphatic hydroxyl groups is 1. The quantitative estimate of drug-likeness (QED) is 0.630. The molecule has 0 saturated heterocycles. The Morgan fingerprint density at radius 1 is 1.65 bits per heavy atom. The predicted octanol–water partition coefficient (Wildman–Crippen LogP) is 2.23. The molecule has 2 N–H and O–H groups in total. The minimum absolute atomic E-state index is 0.000196. The molecule has 2 rings (SSSR count). The highest BCUT2D eigenvalue weighted by Gasteiger charge is 2.26. The number of hydrogen-bond donors (Lipinski definition) is 2. The second-order valence-corrected chi connectivity index (χ2v) is 5.37. The molecule has 0 amide bonds. The number of aliphatic hydroxyl groups excluding tert-OH is 1. The van der Waals surface area contributed by atoms with Crippen molar-refractivity contribution in [3.05, 3.63) is 38.2 Å². The van der Waals surface area contributed by atoms with Gasteiger partial charge in [-0.05, 0) is 24.8 Å². The Morgan fingerprint density at radius 2 is 2.40 bits per heavy atom. The van der Waals surface area contributed by atoms with Crippen LogP contribution >= 0.6 is 11.3 Å². The summed E-state index contributed by atoms with van der Waals surface area (Å²) in [6.45, 7) is 1.61. The third kappa shape index (κ3) is 2.81. The maximum Gasteiger partial charge on any atom is 0.333 e. The van der Waals surface area contributed by atoms with E-state index in [4.69, 9.17) is 0 Å². The molecular weight excluding hydrogens is 280 g/mol. The molecule has 0 unspecified atom stereocenters. The Bertz CT molecular complexity index is 594. The normalized spacial score (nSPS) is 12.3. The van der Waals surface area contributed by atoms with E-state index < -0.39 is 4.92 Å². The summed E-state index contributed by atoms with van der Waals surface area (Å²) in [7, 11) is 1.66. The van der Waals surface area contributed by atoms with Gasteiger partial charge in [-0.1, -0.05) is 6.07 Å². The Balaban J connectivity index is 2.34. The molecule has 0 aromatic carbocycles. The van der Waals surface area contributed by atoms with Gasteiger partial charge in [0.2, 0.25) is 5.82 Å². The number of thiophene rings is 1. The molecule has 2 aromatic rings. The summed E-state index contributed by atoms with van der Waals surface area (Å²) < 4.78 is 1.46. The molecule has 2 aromatic heterocycles. The lowest BCUT2D eigenvalue weighted by Crippen LogP contribution is -2.14. The number of anilines is 1. The van der Waals surface area contributed by atoms with Crippen LogP contribution in [0.3, 0.4) is 0 Å². The number of nitrogens with one attached hydrogen (secondary N) is 1. The van der Waals surface area contributed by atoms with Crippen LogP contribution < -0.4 is 5.32 Å². The first-order chi connectivity index (χ1) is 9.54. The fraction of sp³-hybridized carbons (Fsp3) is 0.417. The SMILES string of the molecule is Cc1nn(C)c(N[C@@H](CCO)c2cccs2)c1[N+](=O)[O-]. The largest absolute Gasteiger partial charge is 0.396 e. The van der Waals surface area contributed by atoms with Gasteiger partial charge in [-0.3, -0.25) is 10.1 Å². The molecule has 7 nitrogen and oxygen atoms in total. The molecule has 0 aliphatic rings. The van der Waals surface area contributed by atoms with E-state index >= 15 is 0 Å². The van der Waals surface area contributed by atoms with Crippen molar-refractivity contribution in [2.45, 2.75) is 19.4 Å². The second-order valence-electron chi connectivity index (χ2n) is 4.39. The molecule has 2 heterocycles. The Hall–Kier alpha value is -1.93. The number of hydrogen-bond acceptors (Lipinski definition) is 6. The first kappa shape index (κ1) is 14.5. The van der Waals surface area contributed by atoms with Crippen LogP contribution in [0.25, 0.3) is 0 Å². The van der Waals surface area contributed by atoms with Crippen LogP contribution in [0.1, 0.15) is 23.0 Å². The van der Waals surface area contributed by atoms with Crippen molar-refractivity contribution in [3.63, 3.8) is 0 Å². The fourth-order valence-electron chi connectivity index (χ4n) is 2.10. The van der Waals surface area contributed by atoms with Crippen LogP contribution in [0.4, 0.5) is 11.5 Å². The van der Waals surface area contributed by atoms with Crippen LogP contribution in [0.5, 0.6) is 0 Å². The number of rotatable bonds is 6. The lowest BCUT2D eigenvalue weighted by atomic mass is 10.1. The third-order valence-electron chi connectivity index (χ3n) is 2.99. The lowest BCUT2D eigenvalue weighted by Gasteiger charge is -2.17. The minimum Gasteiger partial charge on any atom is -0.396 e. The summed E-state index contributed by atoms with van der Waals surface area (Å²) in [5.74, 6) is 0.361. The molecule has 0 bridgehead atoms. The zero-order valence-electron chi connectivity index (χ0n) is 11.2. The lowest BCUT2D eigenvalue weighted by molar-refractivity contribution is -0.384. The molecule has 0 aliphatic carbocycles. The van der Waals surface area contributed by atoms with Crippen LogP contribution in [-0.2, 0) is 7.05 Å². The Morgan fingerprint density at radius 3 is 2.95 bits per heavy atom. The standard InChI is InChI=1S/C12H16N4O3S/c1-8-11(16(18)19)12(15(2)14-8)13-9(5-6-17)10-4-3-7-20-10/h3-4,7,9,13,17H,5-6H2,1-2H3/t9-/m0/s1. The molecular formula is C12H16N4O3S. The first-order valence-corrected chi connectivity index (χ1v) is 7.01. The Kier molecular flexibility index (Phi) is 4.35. The highest BCUT2D eigenvalue weighted by atomic mass is 32.1. The van der Waals surface area contributed by atoms with Gasteiger partial charge in [0.05, 0.1) is 11.0 Å². The summed E-state index contributed by atoms with van der Waals surface area (Å²) in [4.78, 5) is 11.7. The van der Waals surface area contributed by atoms with Crippen molar-refractivity contribution in [1.29, 1.82) is 0 Å². The van der Waals surface area contributed by atoms with Crippen LogP contribution in [0.15, 0.2) is 17.5 Å². The summed E-state index contributed by atoms with van der Waals surface area (Å²) in [5.41, 5.74) is 0.348. The molecule has 0 fully saturated rings. The average molecular weight is 296 g/mol. The molecule has 0 saturated carbocycles. The number of nitro groups is 1. The van der Waals surface area contributed by atoms with Gasteiger partial charge in [-0.25, -0.2) is 4.68 Å². The number of aromatic nitrogens is 2. The zero-order valence-corrected chi connectivity index (χ0v) is 12.1. The molecule has 8 heteroatoms. The van der Waals surface area contributed by atoms with Gasteiger partial charge in [0.15, 0.2) is 0 Å². The maximum atomic E-state index is 11.1. The maximum absolute atomic E-state index is 11.1. The molecule has 0 radical (unpaired) electrons. The van der Waals surface area contributed by atoms with Crippen LogP contribution in [-0.4, -0.2) is 26.4 Å². The fourth-order valence-corrected chi connectivity index (χ4v) is 2.91.